The predicted octanol–water partition coefficient (Wildman–Crippen LogP) is 3.72. The lowest BCUT2D eigenvalue weighted by molar-refractivity contribution is 0.148. The molecule has 0 amide bonds. The zero-order valence-electron chi connectivity index (χ0n) is 13.0. The SMILES string of the molecule is CN(C)/N=C/C(C)(C)C/C=C\COCc1ccccc1. The van der Waals surface area contributed by atoms with E-state index in [2.05, 4.69) is 43.2 Å². The van der Waals surface area contributed by atoms with Crippen LogP contribution in [0.5, 0.6) is 0 Å². The predicted molar refractivity (Wildman–Crippen MR) is 85.8 cm³/mol. The van der Waals surface area contributed by atoms with Gasteiger partial charge in [0.15, 0.2) is 0 Å². The van der Waals surface area contributed by atoms with Gasteiger partial charge in [0, 0.05) is 25.7 Å². The highest BCUT2D eigenvalue weighted by molar-refractivity contribution is 5.64. The molecule has 0 aliphatic carbocycles. The van der Waals surface area contributed by atoms with Gasteiger partial charge >= 0.3 is 0 Å². The summed E-state index contributed by atoms with van der Waals surface area (Å²) in [5.41, 5.74) is 1.28. The Morgan fingerprint density at radius 3 is 2.50 bits per heavy atom. The Morgan fingerprint density at radius 2 is 1.85 bits per heavy atom. The first kappa shape index (κ1) is 16.4. The van der Waals surface area contributed by atoms with Gasteiger partial charge in [-0.25, -0.2) is 0 Å². The average Bonchev–Trinajstić information content (AvgIpc) is 2.42. The molecule has 0 aliphatic rings. The number of rotatable bonds is 8. The quantitative estimate of drug-likeness (QED) is 0.312. The van der Waals surface area contributed by atoms with Crippen molar-refractivity contribution in [1.29, 1.82) is 0 Å². The minimum absolute atomic E-state index is 0.0696. The number of allylic oxidation sites excluding steroid dienone is 1. The summed E-state index contributed by atoms with van der Waals surface area (Å²) in [6.07, 6.45) is 7.18. The first-order valence-electron chi connectivity index (χ1n) is 6.99. The van der Waals surface area contributed by atoms with E-state index in [4.69, 9.17) is 4.74 Å². The summed E-state index contributed by atoms with van der Waals surface area (Å²) in [5.74, 6) is 0. The molecule has 3 heteroatoms. The molecule has 1 rings (SSSR count). The van der Waals surface area contributed by atoms with E-state index < -0.39 is 0 Å². The standard InChI is InChI=1S/C17H26N2O/c1-17(2,15-18-19(3)4)12-8-9-13-20-14-16-10-6-5-7-11-16/h5-11,15H,12-14H2,1-4H3/b9-8-,18-15+. The Morgan fingerprint density at radius 1 is 1.15 bits per heavy atom. The van der Waals surface area contributed by atoms with Crippen LogP contribution in [-0.2, 0) is 11.3 Å². The molecule has 0 bridgehead atoms. The highest BCUT2D eigenvalue weighted by Gasteiger charge is 2.12. The number of hydrogen-bond donors (Lipinski definition) is 0. The normalized spacial score (nSPS) is 12.4. The Hall–Kier alpha value is -1.61. The number of ether oxygens (including phenoxy) is 1. The van der Waals surface area contributed by atoms with Gasteiger partial charge in [0.1, 0.15) is 0 Å². The number of hydrogen-bond acceptors (Lipinski definition) is 3. The van der Waals surface area contributed by atoms with Crippen molar-refractivity contribution in [3.05, 3.63) is 48.0 Å². The molecule has 0 unspecified atom stereocenters. The van der Waals surface area contributed by atoms with Crippen molar-refractivity contribution in [2.24, 2.45) is 10.5 Å². The van der Waals surface area contributed by atoms with Gasteiger partial charge in [0.25, 0.3) is 0 Å². The third-order valence-corrected chi connectivity index (χ3v) is 2.77. The number of benzene rings is 1. The summed E-state index contributed by atoms with van der Waals surface area (Å²) in [6.45, 7) is 5.66. The van der Waals surface area contributed by atoms with Gasteiger partial charge in [-0.1, -0.05) is 56.3 Å². The Labute approximate surface area is 122 Å². The molecule has 110 valence electrons. The lowest BCUT2D eigenvalue weighted by atomic mass is 9.91. The molecule has 1 aromatic carbocycles. The summed E-state index contributed by atoms with van der Waals surface area (Å²) < 4.78 is 5.60. The van der Waals surface area contributed by atoms with Crippen LogP contribution in [0.1, 0.15) is 25.8 Å². The van der Waals surface area contributed by atoms with E-state index in [0.29, 0.717) is 13.2 Å². The van der Waals surface area contributed by atoms with E-state index >= 15 is 0 Å². The van der Waals surface area contributed by atoms with E-state index in [-0.39, 0.29) is 5.41 Å². The van der Waals surface area contributed by atoms with Crippen molar-refractivity contribution in [1.82, 2.24) is 5.01 Å². The van der Waals surface area contributed by atoms with E-state index in [1.165, 1.54) is 5.56 Å². The molecule has 1 aromatic rings. The Balaban J connectivity index is 2.22. The number of nitrogens with zero attached hydrogens (tertiary/aromatic N) is 2. The Kier molecular flexibility index (Phi) is 7.02. The third-order valence-electron chi connectivity index (χ3n) is 2.77. The van der Waals surface area contributed by atoms with Gasteiger partial charge in [-0.05, 0) is 12.0 Å². The van der Waals surface area contributed by atoms with Crippen LogP contribution < -0.4 is 0 Å². The molecular formula is C17H26N2O. The van der Waals surface area contributed by atoms with Crippen molar-refractivity contribution in [2.75, 3.05) is 20.7 Å². The highest BCUT2D eigenvalue weighted by Crippen LogP contribution is 2.18. The molecular weight excluding hydrogens is 248 g/mol. The summed E-state index contributed by atoms with van der Waals surface area (Å²) >= 11 is 0. The topological polar surface area (TPSA) is 24.8 Å². The summed E-state index contributed by atoms with van der Waals surface area (Å²) in [6, 6.07) is 10.2. The van der Waals surface area contributed by atoms with Gasteiger partial charge in [0.2, 0.25) is 0 Å². The van der Waals surface area contributed by atoms with Crippen molar-refractivity contribution >= 4 is 6.21 Å². The molecule has 0 N–H and O–H groups in total. The molecule has 0 spiro atoms. The maximum Gasteiger partial charge on any atom is 0.0721 e. The molecule has 0 atom stereocenters. The highest BCUT2D eigenvalue weighted by atomic mass is 16.5. The summed E-state index contributed by atoms with van der Waals surface area (Å²) in [4.78, 5) is 0. The average molecular weight is 274 g/mol. The van der Waals surface area contributed by atoms with E-state index in [1.807, 2.05) is 43.5 Å². The van der Waals surface area contributed by atoms with Gasteiger partial charge in [-0.15, -0.1) is 0 Å². The van der Waals surface area contributed by atoms with Crippen molar-refractivity contribution in [3.63, 3.8) is 0 Å². The lowest BCUT2D eigenvalue weighted by Gasteiger charge is -2.17. The van der Waals surface area contributed by atoms with E-state index in [0.717, 1.165) is 6.42 Å². The molecule has 3 nitrogen and oxygen atoms in total. The first-order valence-corrected chi connectivity index (χ1v) is 6.99. The van der Waals surface area contributed by atoms with E-state index in [1.54, 1.807) is 0 Å². The second kappa shape index (κ2) is 8.54. The second-order valence-corrected chi connectivity index (χ2v) is 5.76. The van der Waals surface area contributed by atoms with E-state index in [9.17, 15) is 0 Å². The van der Waals surface area contributed by atoms with Crippen LogP contribution >= 0.6 is 0 Å². The van der Waals surface area contributed by atoms with Crippen LogP contribution in [-0.4, -0.2) is 31.9 Å². The van der Waals surface area contributed by atoms with Crippen LogP contribution in [0.3, 0.4) is 0 Å². The van der Waals surface area contributed by atoms with Gasteiger partial charge in [0.05, 0.1) is 13.2 Å². The zero-order chi connectivity index (χ0) is 14.8. The van der Waals surface area contributed by atoms with Gasteiger partial charge < -0.3 is 9.75 Å². The lowest BCUT2D eigenvalue weighted by Crippen LogP contribution is -2.15. The minimum Gasteiger partial charge on any atom is -0.373 e. The molecule has 20 heavy (non-hydrogen) atoms. The number of hydrazone groups is 1. The maximum atomic E-state index is 5.60. The fourth-order valence-electron chi connectivity index (χ4n) is 1.60. The fraction of sp³-hybridized carbons (Fsp3) is 0.471. The van der Waals surface area contributed by atoms with Crippen LogP contribution in [0, 0.1) is 5.41 Å². The monoisotopic (exact) mass is 274 g/mol. The largest absolute Gasteiger partial charge is 0.373 e. The van der Waals surface area contributed by atoms with Crippen molar-refractivity contribution in [2.45, 2.75) is 26.9 Å². The first-order chi connectivity index (χ1) is 9.49. The smallest absolute Gasteiger partial charge is 0.0721 e. The molecule has 0 radical (unpaired) electrons. The molecule has 0 aromatic heterocycles. The van der Waals surface area contributed by atoms with Crippen LogP contribution in [0.15, 0.2) is 47.6 Å². The third kappa shape index (κ3) is 7.74. The maximum absolute atomic E-state index is 5.60. The van der Waals surface area contributed by atoms with Crippen LogP contribution in [0.2, 0.25) is 0 Å². The molecule has 0 aliphatic heterocycles. The molecule has 0 fully saturated rings. The van der Waals surface area contributed by atoms with Crippen LogP contribution in [0.25, 0.3) is 0 Å². The summed E-state index contributed by atoms with van der Waals surface area (Å²) in [5, 5.41) is 6.11. The summed E-state index contributed by atoms with van der Waals surface area (Å²) in [7, 11) is 3.86. The Bertz CT molecular complexity index is 422. The second-order valence-electron chi connectivity index (χ2n) is 5.76. The van der Waals surface area contributed by atoms with Gasteiger partial charge in [-0.3, -0.25) is 0 Å². The minimum atomic E-state index is 0.0696. The zero-order valence-corrected chi connectivity index (χ0v) is 13.0. The van der Waals surface area contributed by atoms with Crippen molar-refractivity contribution in [3.8, 4) is 0 Å². The fourth-order valence-corrected chi connectivity index (χ4v) is 1.60. The van der Waals surface area contributed by atoms with Crippen LogP contribution in [0.4, 0.5) is 0 Å². The van der Waals surface area contributed by atoms with Gasteiger partial charge in [-0.2, -0.15) is 5.10 Å². The van der Waals surface area contributed by atoms with Crippen molar-refractivity contribution < 1.29 is 4.74 Å². The molecule has 0 heterocycles. The molecule has 0 saturated heterocycles. The molecule has 0 saturated carbocycles.